The van der Waals surface area contributed by atoms with Gasteiger partial charge in [-0.05, 0) is 69.6 Å². The highest BCUT2D eigenvalue weighted by Gasteiger charge is 2.17. The fourth-order valence-corrected chi connectivity index (χ4v) is 3.93. The third-order valence-electron chi connectivity index (χ3n) is 5.39. The number of anilines is 1. The first kappa shape index (κ1) is 20.4. The van der Waals surface area contributed by atoms with Gasteiger partial charge in [-0.3, -0.25) is 9.48 Å². The number of carbonyl (C=O) groups is 1. The van der Waals surface area contributed by atoms with Crippen LogP contribution in [0.15, 0.2) is 24.3 Å². The van der Waals surface area contributed by atoms with Crippen LogP contribution in [-0.4, -0.2) is 21.8 Å². The molecule has 1 aliphatic carbocycles. The second kappa shape index (κ2) is 9.26. The van der Waals surface area contributed by atoms with Crippen LogP contribution in [0.3, 0.4) is 0 Å². The van der Waals surface area contributed by atoms with Crippen molar-refractivity contribution in [3.05, 3.63) is 41.2 Å². The quantitative estimate of drug-likeness (QED) is 0.694. The van der Waals surface area contributed by atoms with E-state index in [0.717, 1.165) is 36.5 Å². The van der Waals surface area contributed by atoms with Gasteiger partial charge in [0.25, 0.3) is 0 Å². The Kier molecular flexibility index (Phi) is 6.76. The predicted molar refractivity (Wildman–Crippen MR) is 113 cm³/mol. The second-order valence-electron chi connectivity index (χ2n) is 8.33. The maximum absolute atomic E-state index is 12.5. The molecule has 28 heavy (non-hydrogen) atoms. The minimum atomic E-state index is 0.0217. The van der Waals surface area contributed by atoms with E-state index in [1.165, 1.54) is 24.1 Å². The average molecular weight is 384 g/mol. The SMILES string of the molecule is Cc1nn(CC(C)C)c(C)c1CCC(=O)Nc1cccc(OC2CCCC2)c1. The summed E-state index contributed by atoms with van der Waals surface area (Å²) in [5.74, 6) is 1.41. The maximum Gasteiger partial charge on any atom is 0.224 e. The molecule has 0 spiro atoms. The van der Waals surface area contributed by atoms with E-state index in [1.54, 1.807) is 0 Å². The van der Waals surface area contributed by atoms with Crippen molar-refractivity contribution in [1.29, 1.82) is 0 Å². The molecule has 5 nitrogen and oxygen atoms in total. The minimum Gasteiger partial charge on any atom is -0.490 e. The first-order valence-electron chi connectivity index (χ1n) is 10.5. The number of nitrogens with one attached hydrogen (secondary N) is 1. The number of aryl methyl sites for hydroxylation is 1. The van der Waals surface area contributed by atoms with Gasteiger partial charge in [0.1, 0.15) is 5.75 Å². The fourth-order valence-electron chi connectivity index (χ4n) is 3.93. The van der Waals surface area contributed by atoms with Crippen LogP contribution < -0.4 is 10.1 Å². The van der Waals surface area contributed by atoms with Gasteiger partial charge in [-0.15, -0.1) is 0 Å². The molecule has 0 unspecified atom stereocenters. The molecule has 1 saturated carbocycles. The molecule has 2 aromatic rings. The van der Waals surface area contributed by atoms with Crippen LogP contribution in [0.1, 0.15) is 62.9 Å². The molecule has 0 aliphatic heterocycles. The van der Waals surface area contributed by atoms with Crippen LogP contribution in [0.5, 0.6) is 5.75 Å². The summed E-state index contributed by atoms with van der Waals surface area (Å²) >= 11 is 0. The van der Waals surface area contributed by atoms with Gasteiger partial charge in [-0.1, -0.05) is 19.9 Å². The zero-order valence-corrected chi connectivity index (χ0v) is 17.6. The number of rotatable bonds is 8. The Morgan fingerprint density at radius 2 is 2.04 bits per heavy atom. The van der Waals surface area contributed by atoms with Gasteiger partial charge in [0.2, 0.25) is 5.91 Å². The van der Waals surface area contributed by atoms with E-state index in [4.69, 9.17) is 4.74 Å². The third-order valence-corrected chi connectivity index (χ3v) is 5.39. The topological polar surface area (TPSA) is 56.2 Å². The summed E-state index contributed by atoms with van der Waals surface area (Å²) in [5.41, 5.74) is 4.18. The van der Waals surface area contributed by atoms with Gasteiger partial charge in [0.05, 0.1) is 11.8 Å². The largest absolute Gasteiger partial charge is 0.490 e. The highest BCUT2D eigenvalue weighted by Crippen LogP contribution is 2.26. The smallest absolute Gasteiger partial charge is 0.224 e. The Morgan fingerprint density at radius 3 is 2.75 bits per heavy atom. The van der Waals surface area contributed by atoms with Crippen LogP contribution in [-0.2, 0) is 17.8 Å². The molecule has 0 bridgehead atoms. The van der Waals surface area contributed by atoms with E-state index >= 15 is 0 Å². The van der Waals surface area contributed by atoms with E-state index in [9.17, 15) is 4.79 Å². The highest BCUT2D eigenvalue weighted by atomic mass is 16.5. The maximum atomic E-state index is 12.5. The van der Waals surface area contributed by atoms with Gasteiger partial charge in [0, 0.05) is 30.4 Å². The van der Waals surface area contributed by atoms with Crippen molar-refractivity contribution in [2.45, 2.75) is 78.9 Å². The van der Waals surface area contributed by atoms with E-state index in [-0.39, 0.29) is 5.91 Å². The number of hydrogen-bond acceptors (Lipinski definition) is 3. The summed E-state index contributed by atoms with van der Waals surface area (Å²) in [6.45, 7) is 9.41. The van der Waals surface area contributed by atoms with Crippen LogP contribution >= 0.6 is 0 Å². The highest BCUT2D eigenvalue weighted by molar-refractivity contribution is 5.91. The first-order valence-corrected chi connectivity index (χ1v) is 10.5. The molecule has 1 heterocycles. The Labute approximate surface area is 168 Å². The van der Waals surface area contributed by atoms with Crippen LogP contribution in [0, 0.1) is 19.8 Å². The lowest BCUT2D eigenvalue weighted by molar-refractivity contribution is -0.116. The Hall–Kier alpha value is -2.30. The molecule has 1 aromatic heterocycles. The number of benzene rings is 1. The van der Waals surface area contributed by atoms with Crippen molar-refractivity contribution in [2.75, 3.05) is 5.32 Å². The monoisotopic (exact) mass is 383 g/mol. The summed E-state index contributed by atoms with van der Waals surface area (Å²) in [6.07, 6.45) is 6.21. The molecule has 0 radical (unpaired) electrons. The zero-order chi connectivity index (χ0) is 20.1. The van der Waals surface area contributed by atoms with Crippen LogP contribution in [0.2, 0.25) is 0 Å². The number of amides is 1. The number of hydrogen-bond donors (Lipinski definition) is 1. The molecule has 1 fully saturated rings. The normalized spacial score (nSPS) is 14.6. The van der Waals surface area contributed by atoms with Crippen molar-refractivity contribution in [3.8, 4) is 5.75 Å². The van der Waals surface area contributed by atoms with Crippen molar-refractivity contribution < 1.29 is 9.53 Å². The van der Waals surface area contributed by atoms with E-state index < -0.39 is 0 Å². The number of nitrogens with zero attached hydrogens (tertiary/aromatic N) is 2. The van der Waals surface area contributed by atoms with Gasteiger partial charge in [-0.2, -0.15) is 5.10 Å². The summed E-state index contributed by atoms with van der Waals surface area (Å²) in [5, 5.41) is 7.65. The molecule has 1 N–H and O–H groups in total. The lowest BCUT2D eigenvalue weighted by Gasteiger charge is -2.14. The van der Waals surface area contributed by atoms with Gasteiger partial charge in [-0.25, -0.2) is 0 Å². The Morgan fingerprint density at radius 1 is 1.29 bits per heavy atom. The molecule has 1 aliphatic rings. The van der Waals surface area contributed by atoms with Gasteiger partial charge in [0.15, 0.2) is 0 Å². The molecule has 1 amide bonds. The molecular weight excluding hydrogens is 350 g/mol. The van der Waals surface area contributed by atoms with Crippen molar-refractivity contribution in [1.82, 2.24) is 9.78 Å². The van der Waals surface area contributed by atoms with Crippen molar-refractivity contribution in [2.24, 2.45) is 5.92 Å². The van der Waals surface area contributed by atoms with E-state index in [2.05, 4.69) is 35.9 Å². The van der Waals surface area contributed by atoms with Crippen LogP contribution in [0.4, 0.5) is 5.69 Å². The van der Waals surface area contributed by atoms with Crippen LogP contribution in [0.25, 0.3) is 0 Å². The molecule has 5 heteroatoms. The van der Waals surface area contributed by atoms with E-state index in [0.29, 0.717) is 24.9 Å². The predicted octanol–water partition coefficient (Wildman–Crippen LogP) is 5.05. The Balaban J connectivity index is 1.55. The average Bonchev–Trinajstić information content (AvgIpc) is 3.22. The van der Waals surface area contributed by atoms with Crippen molar-refractivity contribution in [3.63, 3.8) is 0 Å². The Bertz CT molecular complexity index is 804. The number of carbonyl (C=O) groups excluding carboxylic acids is 1. The number of ether oxygens (including phenoxy) is 1. The summed E-state index contributed by atoms with van der Waals surface area (Å²) in [7, 11) is 0. The third kappa shape index (κ3) is 5.37. The summed E-state index contributed by atoms with van der Waals surface area (Å²) in [6, 6.07) is 7.73. The lowest BCUT2D eigenvalue weighted by Crippen LogP contribution is -2.14. The zero-order valence-electron chi connectivity index (χ0n) is 17.6. The standard InChI is InChI=1S/C23H33N3O2/c1-16(2)15-26-18(4)22(17(3)25-26)12-13-23(27)24-19-8-7-11-21(14-19)28-20-9-5-6-10-20/h7-8,11,14,16,20H,5-6,9-10,12-13,15H2,1-4H3,(H,24,27). The second-order valence-corrected chi connectivity index (χ2v) is 8.33. The molecular formula is C23H33N3O2. The molecule has 1 aromatic carbocycles. The number of aromatic nitrogens is 2. The summed E-state index contributed by atoms with van der Waals surface area (Å²) in [4.78, 5) is 12.5. The van der Waals surface area contributed by atoms with Gasteiger partial charge >= 0.3 is 0 Å². The molecule has 0 saturated heterocycles. The van der Waals surface area contributed by atoms with Crippen molar-refractivity contribution >= 4 is 11.6 Å². The molecule has 3 rings (SSSR count). The fraction of sp³-hybridized carbons (Fsp3) is 0.565. The van der Waals surface area contributed by atoms with Gasteiger partial charge < -0.3 is 10.1 Å². The first-order chi connectivity index (χ1) is 13.4. The molecule has 0 atom stereocenters. The lowest BCUT2D eigenvalue weighted by atomic mass is 10.1. The summed E-state index contributed by atoms with van der Waals surface area (Å²) < 4.78 is 8.10. The van der Waals surface area contributed by atoms with E-state index in [1.807, 2.05) is 31.2 Å². The molecule has 152 valence electrons. The minimum absolute atomic E-state index is 0.0217.